The SMILES string of the molecule is CCN1CCC(NS(=O)(=O)c2cc(Br)ccc2N)CC1. The van der Waals surface area contributed by atoms with E-state index in [4.69, 9.17) is 5.73 Å². The minimum atomic E-state index is -3.56. The van der Waals surface area contributed by atoms with Crippen molar-refractivity contribution in [2.75, 3.05) is 25.4 Å². The van der Waals surface area contributed by atoms with Crippen LogP contribution in [0.4, 0.5) is 5.69 Å². The van der Waals surface area contributed by atoms with Crippen LogP contribution in [0.2, 0.25) is 0 Å². The van der Waals surface area contributed by atoms with E-state index in [-0.39, 0.29) is 16.6 Å². The molecule has 0 aliphatic carbocycles. The number of nitrogens with one attached hydrogen (secondary N) is 1. The summed E-state index contributed by atoms with van der Waals surface area (Å²) >= 11 is 3.28. The zero-order valence-electron chi connectivity index (χ0n) is 11.5. The quantitative estimate of drug-likeness (QED) is 0.801. The van der Waals surface area contributed by atoms with Crippen molar-refractivity contribution in [3.05, 3.63) is 22.7 Å². The summed E-state index contributed by atoms with van der Waals surface area (Å²) in [7, 11) is -3.56. The molecule has 0 spiro atoms. The second-order valence-electron chi connectivity index (χ2n) is 5.01. The molecule has 1 aromatic rings. The monoisotopic (exact) mass is 361 g/mol. The molecule has 1 heterocycles. The van der Waals surface area contributed by atoms with Crippen molar-refractivity contribution in [1.82, 2.24) is 9.62 Å². The second-order valence-corrected chi connectivity index (χ2v) is 7.61. The first kappa shape index (κ1) is 15.8. The Morgan fingerprint density at radius 2 is 2.05 bits per heavy atom. The first-order valence-corrected chi connectivity index (χ1v) is 8.99. The van der Waals surface area contributed by atoms with Crippen molar-refractivity contribution in [3.8, 4) is 0 Å². The average Bonchev–Trinajstić information content (AvgIpc) is 2.42. The summed E-state index contributed by atoms with van der Waals surface area (Å²) in [6.45, 7) is 4.99. The van der Waals surface area contributed by atoms with Crippen LogP contribution in [0.15, 0.2) is 27.6 Å². The smallest absolute Gasteiger partial charge is 0.242 e. The van der Waals surface area contributed by atoms with Crippen molar-refractivity contribution >= 4 is 31.6 Å². The van der Waals surface area contributed by atoms with Gasteiger partial charge in [0.15, 0.2) is 0 Å². The first-order chi connectivity index (χ1) is 9.42. The van der Waals surface area contributed by atoms with Gasteiger partial charge in [0, 0.05) is 10.5 Å². The molecule has 7 heteroatoms. The van der Waals surface area contributed by atoms with Gasteiger partial charge < -0.3 is 10.6 Å². The van der Waals surface area contributed by atoms with Gasteiger partial charge >= 0.3 is 0 Å². The number of hydrogen-bond donors (Lipinski definition) is 2. The Balaban J connectivity index is 2.10. The van der Waals surface area contributed by atoms with Gasteiger partial charge in [-0.3, -0.25) is 0 Å². The van der Waals surface area contributed by atoms with Crippen LogP contribution in [0, 0.1) is 0 Å². The van der Waals surface area contributed by atoms with Crippen molar-refractivity contribution < 1.29 is 8.42 Å². The molecule has 0 atom stereocenters. The van der Waals surface area contributed by atoms with Crippen molar-refractivity contribution in [2.24, 2.45) is 0 Å². The van der Waals surface area contributed by atoms with Gasteiger partial charge in [-0.05, 0) is 50.7 Å². The number of nitrogen functional groups attached to an aromatic ring is 1. The van der Waals surface area contributed by atoms with E-state index in [2.05, 4.69) is 32.5 Å². The highest BCUT2D eigenvalue weighted by atomic mass is 79.9. The minimum absolute atomic E-state index is 0.0128. The van der Waals surface area contributed by atoms with Gasteiger partial charge in [-0.2, -0.15) is 0 Å². The predicted molar refractivity (Wildman–Crippen MR) is 84.0 cm³/mol. The first-order valence-electron chi connectivity index (χ1n) is 6.72. The molecule has 0 unspecified atom stereocenters. The topological polar surface area (TPSA) is 75.4 Å². The Morgan fingerprint density at radius 3 is 2.65 bits per heavy atom. The summed E-state index contributed by atoms with van der Waals surface area (Å²) < 4.78 is 28.3. The summed E-state index contributed by atoms with van der Waals surface area (Å²) in [6.07, 6.45) is 1.67. The Hall–Kier alpha value is -0.630. The Morgan fingerprint density at radius 1 is 1.40 bits per heavy atom. The molecule has 1 aromatic carbocycles. The minimum Gasteiger partial charge on any atom is -0.398 e. The van der Waals surface area contributed by atoms with E-state index in [1.165, 1.54) is 0 Å². The number of rotatable bonds is 4. The highest BCUT2D eigenvalue weighted by molar-refractivity contribution is 9.10. The molecule has 3 N–H and O–H groups in total. The molecule has 0 aromatic heterocycles. The molecule has 112 valence electrons. The molecule has 0 bridgehead atoms. The maximum absolute atomic E-state index is 12.4. The van der Waals surface area contributed by atoms with E-state index in [0.29, 0.717) is 4.47 Å². The number of hydrogen-bond acceptors (Lipinski definition) is 4. The molecule has 0 amide bonds. The molecule has 0 radical (unpaired) electrons. The maximum Gasteiger partial charge on any atom is 0.242 e. The van der Waals surface area contributed by atoms with Gasteiger partial charge in [0.2, 0.25) is 10.0 Å². The molecule has 0 saturated carbocycles. The number of likely N-dealkylation sites (tertiary alicyclic amines) is 1. The molecular formula is C13H20BrN3O2S. The van der Waals surface area contributed by atoms with Crippen LogP contribution in [0.25, 0.3) is 0 Å². The lowest BCUT2D eigenvalue weighted by Crippen LogP contribution is -2.44. The summed E-state index contributed by atoms with van der Waals surface area (Å²) in [5.41, 5.74) is 6.05. The number of benzene rings is 1. The van der Waals surface area contributed by atoms with E-state index < -0.39 is 10.0 Å². The van der Waals surface area contributed by atoms with E-state index in [0.717, 1.165) is 32.5 Å². The summed E-state index contributed by atoms with van der Waals surface area (Å²) in [5.74, 6) is 0. The van der Waals surface area contributed by atoms with Crippen molar-refractivity contribution in [3.63, 3.8) is 0 Å². The van der Waals surface area contributed by atoms with Crippen molar-refractivity contribution in [2.45, 2.75) is 30.7 Å². The fourth-order valence-electron chi connectivity index (χ4n) is 2.39. The lowest BCUT2D eigenvalue weighted by molar-refractivity contribution is 0.217. The summed E-state index contributed by atoms with van der Waals surface area (Å²) in [6, 6.07) is 4.85. The van der Waals surface area contributed by atoms with Crippen LogP contribution in [0.3, 0.4) is 0 Å². The summed E-state index contributed by atoms with van der Waals surface area (Å²) in [5, 5.41) is 0. The number of halogens is 1. The van der Waals surface area contributed by atoms with E-state index in [1.54, 1.807) is 18.2 Å². The number of anilines is 1. The molecule has 5 nitrogen and oxygen atoms in total. The molecule has 20 heavy (non-hydrogen) atoms. The highest BCUT2D eigenvalue weighted by Gasteiger charge is 2.25. The third-order valence-electron chi connectivity index (χ3n) is 3.62. The van der Waals surface area contributed by atoms with Crippen LogP contribution in [0.1, 0.15) is 19.8 Å². The van der Waals surface area contributed by atoms with Crippen LogP contribution in [0.5, 0.6) is 0 Å². The lowest BCUT2D eigenvalue weighted by Gasteiger charge is -2.31. The number of nitrogens with zero attached hydrogens (tertiary/aromatic N) is 1. The fourth-order valence-corrected chi connectivity index (χ4v) is 4.37. The van der Waals surface area contributed by atoms with Gasteiger partial charge in [-0.1, -0.05) is 22.9 Å². The van der Waals surface area contributed by atoms with Gasteiger partial charge in [-0.25, -0.2) is 13.1 Å². The summed E-state index contributed by atoms with van der Waals surface area (Å²) in [4.78, 5) is 2.46. The molecule has 1 aliphatic rings. The lowest BCUT2D eigenvalue weighted by atomic mass is 10.1. The number of sulfonamides is 1. The Bertz CT molecular complexity index is 569. The van der Waals surface area contributed by atoms with Crippen LogP contribution < -0.4 is 10.5 Å². The third-order valence-corrected chi connectivity index (χ3v) is 5.69. The molecule has 1 aliphatic heterocycles. The van der Waals surface area contributed by atoms with E-state index in [9.17, 15) is 8.42 Å². The predicted octanol–water partition coefficient (Wildman–Crippen LogP) is 1.79. The average molecular weight is 362 g/mol. The molecule has 1 fully saturated rings. The normalized spacial score (nSPS) is 18.3. The van der Waals surface area contributed by atoms with Gasteiger partial charge in [0.1, 0.15) is 4.90 Å². The van der Waals surface area contributed by atoms with Gasteiger partial charge in [0.25, 0.3) is 0 Å². The second kappa shape index (κ2) is 6.43. The Kier molecular flexibility index (Phi) is 5.06. The molecule has 1 saturated heterocycles. The van der Waals surface area contributed by atoms with Gasteiger partial charge in [0.05, 0.1) is 5.69 Å². The number of piperidine rings is 1. The largest absolute Gasteiger partial charge is 0.398 e. The van der Waals surface area contributed by atoms with E-state index >= 15 is 0 Å². The van der Waals surface area contributed by atoms with Crippen LogP contribution in [-0.2, 0) is 10.0 Å². The van der Waals surface area contributed by atoms with Crippen LogP contribution >= 0.6 is 15.9 Å². The molecule has 2 rings (SSSR count). The highest BCUT2D eigenvalue weighted by Crippen LogP contribution is 2.24. The third kappa shape index (κ3) is 3.72. The standard InChI is InChI=1S/C13H20BrN3O2S/c1-2-17-7-5-11(6-8-17)16-20(18,19)13-9-10(14)3-4-12(13)15/h3-4,9,11,16H,2,5-8,15H2,1H3. The molecular weight excluding hydrogens is 342 g/mol. The Labute approximate surface area is 128 Å². The van der Waals surface area contributed by atoms with E-state index in [1.807, 2.05) is 0 Å². The van der Waals surface area contributed by atoms with Crippen molar-refractivity contribution in [1.29, 1.82) is 0 Å². The zero-order valence-corrected chi connectivity index (χ0v) is 13.9. The van der Waals surface area contributed by atoms with Gasteiger partial charge in [-0.15, -0.1) is 0 Å². The fraction of sp³-hybridized carbons (Fsp3) is 0.538. The van der Waals surface area contributed by atoms with Crippen LogP contribution in [-0.4, -0.2) is 39.0 Å². The maximum atomic E-state index is 12.4. The number of nitrogens with two attached hydrogens (primary N) is 1. The zero-order chi connectivity index (χ0) is 14.8.